The summed E-state index contributed by atoms with van der Waals surface area (Å²) in [7, 11) is 6.50. The predicted molar refractivity (Wildman–Crippen MR) is 112 cm³/mol. The van der Waals surface area contributed by atoms with Crippen LogP contribution < -0.4 is 29.6 Å². The lowest BCUT2D eigenvalue weighted by Crippen LogP contribution is -1.99. The van der Waals surface area contributed by atoms with Gasteiger partial charge in [-0.2, -0.15) is 0 Å². The molecule has 0 spiro atoms. The van der Waals surface area contributed by atoms with Gasteiger partial charge in [0.15, 0.2) is 11.5 Å². The van der Waals surface area contributed by atoms with E-state index >= 15 is 0 Å². The summed E-state index contributed by atoms with van der Waals surface area (Å²) in [6.45, 7) is 0. The molecule has 0 bridgehead atoms. The molecule has 0 atom stereocenters. The van der Waals surface area contributed by atoms with Crippen LogP contribution in [0.15, 0.2) is 60.7 Å². The Bertz CT molecular complexity index is 921. The highest BCUT2D eigenvalue weighted by molar-refractivity contribution is 5.79. The number of ether oxygens (including phenoxy) is 4. The average molecular weight is 380 g/mol. The first-order chi connectivity index (χ1) is 13.7. The summed E-state index contributed by atoms with van der Waals surface area (Å²) >= 11 is 0. The van der Waals surface area contributed by atoms with Crippen LogP contribution in [-0.2, 0) is 0 Å². The van der Waals surface area contributed by atoms with Gasteiger partial charge in [0.1, 0.15) is 11.5 Å². The molecule has 0 aliphatic rings. The Kier molecular flexibility index (Phi) is 6.11. The molecular formula is C22H24N2O4. The maximum absolute atomic E-state index is 5.38. The van der Waals surface area contributed by atoms with E-state index in [1.165, 1.54) is 0 Å². The molecule has 0 unspecified atom stereocenters. The van der Waals surface area contributed by atoms with Crippen LogP contribution in [0.3, 0.4) is 0 Å². The van der Waals surface area contributed by atoms with Crippen LogP contribution in [0.4, 0.5) is 22.7 Å². The van der Waals surface area contributed by atoms with Crippen molar-refractivity contribution in [1.82, 2.24) is 0 Å². The number of benzene rings is 3. The van der Waals surface area contributed by atoms with Crippen molar-refractivity contribution < 1.29 is 18.9 Å². The molecule has 2 N–H and O–H groups in total. The second-order valence-corrected chi connectivity index (χ2v) is 5.97. The van der Waals surface area contributed by atoms with E-state index < -0.39 is 0 Å². The molecule has 28 heavy (non-hydrogen) atoms. The van der Waals surface area contributed by atoms with Crippen molar-refractivity contribution in [3.05, 3.63) is 60.7 Å². The average Bonchev–Trinajstić information content (AvgIpc) is 2.74. The van der Waals surface area contributed by atoms with E-state index in [9.17, 15) is 0 Å². The normalized spacial score (nSPS) is 10.1. The van der Waals surface area contributed by atoms with E-state index in [-0.39, 0.29) is 0 Å². The quantitative estimate of drug-likeness (QED) is 0.559. The van der Waals surface area contributed by atoms with Gasteiger partial charge in [-0.15, -0.1) is 0 Å². The highest BCUT2D eigenvalue weighted by atomic mass is 16.5. The number of hydrogen-bond donors (Lipinski definition) is 2. The van der Waals surface area contributed by atoms with Crippen molar-refractivity contribution in [3.8, 4) is 23.0 Å². The smallest absolute Gasteiger partial charge is 0.162 e. The van der Waals surface area contributed by atoms with E-state index in [1.807, 2.05) is 60.7 Å². The fourth-order valence-electron chi connectivity index (χ4n) is 2.81. The Morgan fingerprint density at radius 2 is 1.11 bits per heavy atom. The van der Waals surface area contributed by atoms with Crippen LogP contribution >= 0.6 is 0 Å². The molecule has 0 aromatic heterocycles. The summed E-state index contributed by atoms with van der Waals surface area (Å²) in [6.07, 6.45) is 0. The first-order valence-electron chi connectivity index (χ1n) is 8.75. The Balaban J connectivity index is 1.88. The zero-order valence-corrected chi connectivity index (χ0v) is 16.4. The molecule has 6 heteroatoms. The second kappa shape index (κ2) is 8.90. The topological polar surface area (TPSA) is 61.0 Å². The zero-order valence-electron chi connectivity index (χ0n) is 16.4. The van der Waals surface area contributed by atoms with Gasteiger partial charge in [-0.05, 0) is 24.3 Å². The van der Waals surface area contributed by atoms with Crippen LogP contribution in [-0.4, -0.2) is 28.4 Å². The summed E-state index contributed by atoms with van der Waals surface area (Å²) < 4.78 is 21.4. The fraction of sp³-hybridized carbons (Fsp3) is 0.182. The van der Waals surface area contributed by atoms with Gasteiger partial charge in [0.05, 0.1) is 39.8 Å². The predicted octanol–water partition coefficient (Wildman–Crippen LogP) is 5.21. The summed E-state index contributed by atoms with van der Waals surface area (Å²) in [5.74, 6) is 2.78. The van der Waals surface area contributed by atoms with Gasteiger partial charge in [0, 0.05) is 35.6 Å². The van der Waals surface area contributed by atoms with Gasteiger partial charge in [-0.25, -0.2) is 0 Å². The second-order valence-electron chi connectivity index (χ2n) is 5.97. The highest BCUT2D eigenvalue weighted by Crippen LogP contribution is 2.35. The molecule has 0 radical (unpaired) electrons. The molecule has 0 saturated heterocycles. The maximum atomic E-state index is 5.38. The molecule has 3 aromatic rings. The van der Waals surface area contributed by atoms with E-state index in [0.717, 1.165) is 22.7 Å². The van der Waals surface area contributed by atoms with Gasteiger partial charge >= 0.3 is 0 Å². The number of anilines is 4. The lowest BCUT2D eigenvalue weighted by Gasteiger charge is -2.16. The summed E-state index contributed by atoms with van der Waals surface area (Å²) in [4.78, 5) is 0. The molecule has 0 saturated carbocycles. The number of nitrogens with one attached hydrogen (secondary N) is 2. The van der Waals surface area contributed by atoms with Crippen molar-refractivity contribution in [2.75, 3.05) is 39.1 Å². The fourth-order valence-corrected chi connectivity index (χ4v) is 2.81. The lowest BCUT2D eigenvalue weighted by molar-refractivity contribution is 0.355. The third-order valence-corrected chi connectivity index (χ3v) is 4.22. The number of para-hydroxylation sites is 2. The zero-order chi connectivity index (χ0) is 19.9. The number of hydrogen-bond acceptors (Lipinski definition) is 6. The first kappa shape index (κ1) is 19.2. The minimum absolute atomic E-state index is 0.662. The van der Waals surface area contributed by atoms with Crippen molar-refractivity contribution in [3.63, 3.8) is 0 Å². The van der Waals surface area contributed by atoms with E-state index in [0.29, 0.717) is 23.0 Å². The van der Waals surface area contributed by atoms with Crippen molar-refractivity contribution >= 4 is 22.7 Å². The van der Waals surface area contributed by atoms with Crippen molar-refractivity contribution in [2.45, 2.75) is 0 Å². The van der Waals surface area contributed by atoms with Crippen LogP contribution in [0.25, 0.3) is 0 Å². The third-order valence-electron chi connectivity index (χ3n) is 4.22. The molecule has 0 aliphatic carbocycles. The minimum Gasteiger partial charge on any atom is -0.497 e. The minimum atomic E-state index is 0.662. The SMILES string of the molecule is COc1cc(Nc2ccccc2Nc2ccc(OC)c(OC)c2)cc(OC)c1. The summed E-state index contributed by atoms with van der Waals surface area (Å²) in [5, 5.41) is 6.83. The van der Waals surface area contributed by atoms with Crippen LogP contribution in [0.1, 0.15) is 0 Å². The third kappa shape index (κ3) is 4.40. The van der Waals surface area contributed by atoms with Gasteiger partial charge in [-0.1, -0.05) is 12.1 Å². The van der Waals surface area contributed by atoms with E-state index in [2.05, 4.69) is 10.6 Å². The highest BCUT2D eigenvalue weighted by Gasteiger charge is 2.08. The Hall–Kier alpha value is -3.54. The van der Waals surface area contributed by atoms with Crippen molar-refractivity contribution in [1.29, 1.82) is 0 Å². The molecule has 146 valence electrons. The molecule has 3 rings (SSSR count). The lowest BCUT2D eigenvalue weighted by atomic mass is 10.2. The van der Waals surface area contributed by atoms with Crippen molar-refractivity contribution in [2.24, 2.45) is 0 Å². The Morgan fingerprint density at radius 1 is 0.536 bits per heavy atom. The molecule has 3 aromatic carbocycles. The molecule has 0 aliphatic heterocycles. The van der Waals surface area contributed by atoms with Crippen LogP contribution in [0, 0.1) is 0 Å². The monoisotopic (exact) mass is 380 g/mol. The summed E-state index contributed by atoms with van der Waals surface area (Å²) in [6, 6.07) is 19.3. The summed E-state index contributed by atoms with van der Waals surface area (Å²) in [5.41, 5.74) is 3.57. The van der Waals surface area contributed by atoms with Gasteiger partial charge < -0.3 is 29.6 Å². The maximum Gasteiger partial charge on any atom is 0.162 e. The van der Waals surface area contributed by atoms with Gasteiger partial charge in [0.25, 0.3) is 0 Å². The van der Waals surface area contributed by atoms with E-state index in [1.54, 1.807) is 28.4 Å². The van der Waals surface area contributed by atoms with Gasteiger partial charge in [-0.3, -0.25) is 0 Å². The number of methoxy groups -OCH3 is 4. The largest absolute Gasteiger partial charge is 0.497 e. The van der Waals surface area contributed by atoms with Gasteiger partial charge in [0.2, 0.25) is 0 Å². The molecular weight excluding hydrogens is 356 g/mol. The molecule has 6 nitrogen and oxygen atoms in total. The molecule has 0 fully saturated rings. The number of rotatable bonds is 8. The first-order valence-corrected chi connectivity index (χ1v) is 8.75. The standard InChI is InChI=1S/C22H24N2O4/c1-25-17-11-16(12-18(14-17)26-2)24-20-8-6-5-7-19(20)23-15-9-10-21(27-3)22(13-15)28-4/h5-14,23-24H,1-4H3. The van der Waals surface area contributed by atoms with Crippen LogP contribution in [0.5, 0.6) is 23.0 Å². The Morgan fingerprint density at radius 3 is 1.64 bits per heavy atom. The van der Waals surface area contributed by atoms with Crippen LogP contribution in [0.2, 0.25) is 0 Å². The molecule has 0 amide bonds. The van der Waals surface area contributed by atoms with E-state index in [4.69, 9.17) is 18.9 Å². The molecule has 0 heterocycles. The Labute approximate surface area is 165 Å².